The molecule has 2 aromatic rings. The number of piperazine rings is 1. The van der Waals surface area contributed by atoms with Crippen LogP contribution in [0.3, 0.4) is 0 Å². The van der Waals surface area contributed by atoms with Gasteiger partial charge in [-0.15, -0.1) is 0 Å². The van der Waals surface area contributed by atoms with Crippen LogP contribution in [-0.4, -0.2) is 65.9 Å². The van der Waals surface area contributed by atoms with Gasteiger partial charge in [-0.3, -0.25) is 14.5 Å². The van der Waals surface area contributed by atoms with Gasteiger partial charge in [-0.1, -0.05) is 25.1 Å². The van der Waals surface area contributed by atoms with E-state index in [4.69, 9.17) is 4.42 Å². The van der Waals surface area contributed by atoms with Crippen molar-refractivity contribution >= 4 is 11.8 Å². The Kier molecular flexibility index (Phi) is 6.59. The summed E-state index contributed by atoms with van der Waals surface area (Å²) in [5.41, 5.74) is 1.53. The van der Waals surface area contributed by atoms with Crippen LogP contribution >= 0.6 is 0 Å². The topological polar surface area (TPSA) is 78.7 Å². The number of oxazole rings is 1. The van der Waals surface area contributed by atoms with Gasteiger partial charge in [0.05, 0.1) is 18.7 Å². The predicted octanol–water partition coefficient (Wildman–Crippen LogP) is 1.55. The van der Waals surface area contributed by atoms with Gasteiger partial charge >= 0.3 is 0 Å². The van der Waals surface area contributed by atoms with Gasteiger partial charge in [-0.05, 0) is 18.6 Å². The average molecular weight is 370 g/mol. The van der Waals surface area contributed by atoms with E-state index in [0.717, 1.165) is 12.0 Å². The molecule has 1 aliphatic rings. The number of nitrogens with one attached hydrogen (secondary N) is 1. The molecule has 0 bridgehead atoms. The Morgan fingerprint density at radius 1 is 1.15 bits per heavy atom. The second-order valence-corrected chi connectivity index (χ2v) is 6.69. The van der Waals surface area contributed by atoms with Crippen LogP contribution in [0.4, 0.5) is 0 Å². The maximum Gasteiger partial charge on any atom is 0.234 e. The molecule has 2 heterocycles. The summed E-state index contributed by atoms with van der Waals surface area (Å²) in [6, 6.07) is 9.63. The summed E-state index contributed by atoms with van der Waals surface area (Å²) >= 11 is 0. The molecule has 0 unspecified atom stereocenters. The third-order valence-corrected chi connectivity index (χ3v) is 4.57. The van der Waals surface area contributed by atoms with Gasteiger partial charge in [0.2, 0.25) is 17.7 Å². The van der Waals surface area contributed by atoms with Gasteiger partial charge in [0, 0.05) is 38.3 Å². The molecule has 1 aromatic heterocycles. The number of carbonyl (C=O) groups excluding carboxylic acids is 2. The number of hydrogen-bond acceptors (Lipinski definition) is 5. The summed E-state index contributed by atoms with van der Waals surface area (Å²) < 4.78 is 5.50. The summed E-state index contributed by atoms with van der Waals surface area (Å²) in [7, 11) is 0. The van der Waals surface area contributed by atoms with E-state index in [1.165, 1.54) is 0 Å². The fraction of sp³-hybridized carbons (Fsp3) is 0.450. The lowest BCUT2D eigenvalue weighted by Gasteiger charge is -2.34. The summed E-state index contributed by atoms with van der Waals surface area (Å²) in [4.78, 5) is 32.7. The van der Waals surface area contributed by atoms with E-state index in [9.17, 15) is 9.59 Å². The molecule has 2 amide bonds. The second-order valence-electron chi connectivity index (χ2n) is 6.69. The largest absolute Gasteiger partial charge is 0.444 e. The summed E-state index contributed by atoms with van der Waals surface area (Å²) in [6.07, 6.45) is 2.71. The Balaban J connectivity index is 1.46. The lowest BCUT2D eigenvalue weighted by atomic mass is 10.2. The van der Waals surface area contributed by atoms with Crippen LogP contribution in [0.15, 0.2) is 41.0 Å². The fourth-order valence-corrected chi connectivity index (χ4v) is 3.05. The van der Waals surface area contributed by atoms with Crippen LogP contribution in [0, 0.1) is 0 Å². The maximum absolute atomic E-state index is 12.5. The van der Waals surface area contributed by atoms with E-state index in [0.29, 0.717) is 50.9 Å². The van der Waals surface area contributed by atoms with E-state index in [1.807, 2.05) is 42.2 Å². The molecule has 0 atom stereocenters. The third-order valence-electron chi connectivity index (χ3n) is 4.57. The number of amides is 2. The molecule has 0 radical (unpaired) electrons. The first-order valence-corrected chi connectivity index (χ1v) is 9.42. The normalized spacial score (nSPS) is 14.9. The number of benzene rings is 1. The molecule has 144 valence electrons. The van der Waals surface area contributed by atoms with Crippen molar-refractivity contribution in [3.63, 3.8) is 0 Å². The molecule has 7 nitrogen and oxygen atoms in total. The van der Waals surface area contributed by atoms with Crippen molar-refractivity contribution in [3.8, 4) is 11.5 Å². The van der Waals surface area contributed by atoms with Gasteiger partial charge in [0.15, 0.2) is 0 Å². The zero-order valence-electron chi connectivity index (χ0n) is 15.7. The highest BCUT2D eigenvalue weighted by molar-refractivity contribution is 5.79. The molecule has 7 heteroatoms. The van der Waals surface area contributed by atoms with Gasteiger partial charge in [-0.2, -0.15) is 0 Å². The molecular formula is C20H26N4O3. The SMILES string of the molecule is CCCNC(=O)CN1CCN(C(=O)Cc2coc(-c3ccccc3)n2)CC1. The molecule has 3 rings (SSSR count). The van der Waals surface area contributed by atoms with E-state index in [1.54, 1.807) is 6.26 Å². The lowest BCUT2D eigenvalue weighted by Crippen LogP contribution is -2.51. The van der Waals surface area contributed by atoms with Gasteiger partial charge in [-0.25, -0.2) is 4.98 Å². The fourth-order valence-electron chi connectivity index (χ4n) is 3.05. The van der Waals surface area contributed by atoms with Crippen molar-refractivity contribution in [1.82, 2.24) is 20.1 Å². The van der Waals surface area contributed by atoms with E-state index >= 15 is 0 Å². The van der Waals surface area contributed by atoms with Gasteiger partial charge in [0.25, 0.3) is 0 Å². The Morgan fingerprint density at radius 3 is 2.59 bits per heavy atom. The number of carbonyl (C=O) groups is 2. The highest BCUT2D eigenvalue weighted by atomic mass is 16.3. The Bertz CT molecular complexity index is 752. The number of rotatable bonds is 7. The highest BCUT2D eigenvalue weighted by Crippen LogP contribution is 2.18. The zero-order chi connectivity index (χ0) is 19.1. The first kappa shape index (κ1) is 19.1. The summed E-state index contributed by atoms with van der Waals surface area (Å²) in [5.74, 6) is 0.618. The molecule has 1 N–H and O–H groups in total. The zero-order valence-corrected chi connectivity index (χ0v) is 15.7. The second kappa shape index (κ2) is 9.32. The average Bonchev–Trinajstić information content (AvgIpc) is 3.16. The van der Waals surface area contributed by atoms with Crippen LogP contribution in [0.5, 0.6) is 0 Å². The molecule has 1 saturated heterocycles. The van der Waals surface area contributed by atoms with Crippen molar-refractivity contribution < 1.29 is 14.0 Å². The molecule has 1 aliphatic heterocycles. The van der Waals surface area contributed by atoms with Crippen LogP contribution < -0.4 is 5.32 Å². The van der Waals surface area contributed by atoms with Crippen LogP contribution in [0.25, 0.3) is 11.5 Å². The molecule has 1 fully saturated rings. The third kappa shape index (κ3) is 5.40. The smallest absolute Gasteiger partial charge is 0.234 e. The highest BCUT2D eigenvalue weighted by Gasteiger charge is 2.23. The minimum absolute atomic E-state index is 0.0398. The van der Waals surface area contributed by atoms with Crippen molar-refractivity contribution in [3.05, 3.63) is 42.3 Å². The van der Waals surface area contributed by atoms with Crippen molar-refractivity contribution in [2.75, 3.05) is 39.3 Å². The molecule has 1 aromatic carbocycles. The maximum atomic E-state index is 12.5. The quantitative estimate of drug-likeness (QED) is 0.800. The van der Waals surface area contributed by atoms with Crippen LogP contribution in [-0.2, 0) is 16.0 Å². The Labute approximate surface area is 159 Å². The molecule has 0 aliphatic carbocycles. The van der Waals surface area contributed by atoms with Crippen molar-refractivity contribution in [2.45, 2.75) is 19.8 Å². The standard InChI is InChI=1S/C20H26N4O3/c1-2-8-21-18(25)14-23-9-11-24(12-10-23)19(26)13-17-15-27-20(22-17)16-6-4-3-5-7-16/h3-7,15H,2,8-14H2,1H3,(H,21,25). The van der Waals surface area contributed by atoms with Gasteiger partial charge < -0.3 is 14.6 Å². The minimum atomic E-state index is 0.0398. The van der Waals surface area contributed by atoms with Crippen LogP contribution in [0.2, 0.25) is 0 Å². The minimum Gasteiger partial charge on any atom is -0.444 e. The van der Waals surface area contributed by atoms with E-state index < -0.39 is 0 Å². The summed E-state index contributed by atoms with van der Waals surface area (Å²) in [6.45, 7) is 5.80. The predicted molar refractivity (Wildman–Crippen MR) is 102 cm³/mol. The van der Waals surface area contributed by atoms with Crippen molar-refractivity contribution in [2.24, 2.45) is 0 Å². The molecule has 27 heavy (non-hydrogen) atoms. The monoisotopic (exact) mass is 370 g/mol. The van der Waals surface area contributed by atoms with Crippen LogP contribution in [0.1, 0.15) is 19.0 Å². The van der Waals surface area contributed by atoms with E-state index in [2.05, 4.69) is 15.2 Å². The number of nitrogens with zero attached hydrogens (tertiary/aromatic N) is 3. The lowest BCUT2D eigenvalue weighted by molar-refractivity contribution is -0.132. The first-order valence-electron chi connectivity index (χ1n) is 9.42. The number of aromatic nitrogens is 1. The van der Waals surface area contributed by atoms with Crippen molar-refractivity contribution in [1.29, 1.82) is 0 Å². The molecule has 0 saturated carbocycles. The number of hydrogen-bond donors (Lipinski definition) is 1. The first-order chi connectivity index (χ1) is 13.2. The summed E-state index contributed by atoms with van der Waals surface area (Å²) in [5, 5.41) is 2.88. The Hall–Kier alpha value is -2.67. The van der Waals surface area contributed by atoms with Gasteiger partial charge in [0.1, 0.15) is 6.26 Å². The molecule has 0 spiro atoms. The molecular weight excluding hydrogens is 344 g/mol. The Morgan fingerprint density at radius 2 is 1.89 bits per heavy atom. The van der Waals surface area contributed by atoms with E-state index in [-0.39, 0.29) is 18.2 Å².